The molecular formula is C24H27FN4O2. The van der Waals surface area contributed by atoms with E-state index < -0.39 is 5.82 Å². The Hall–Kier alpha value is -3.22. The minimum absolute atomic E-state index is 0.0928. The van der Waals surface area contributed by atoms with Crippen LogP contribution < -0.4 is 10.6 Å². The number of nitrogens with zero attached hydrogens (tertiary/aromatic N) is 2. The van der Waals surface area contributed by atoms with Gasteiger partial charge in [0.05, 0.1) is 11.0 Å². The molecule has 1 saturated carbocycles. The van der Waals surface area contributed by atoms with Gasteiger partial charge in [-0.25, -0.2) is 9.37 Å². The van der Waals surface area contributed by atoms with Gasteiger partial charge in [-0.05, 0) is 49.2 Å². The number of fused-ring (bicyclic) bond motifs is 1. The molecule has 6 nitrogen and oxygen atoms in total. The second-order valence-corrected chi connectivity index (χ2v) is 8.13. The SMILES string of the molecule is Cn1c(CCNC(=O)c2cccc(F)c2)nc2cc(NC(=O)C3CCCCC3)ccc21. The van der Waals surface area contributed by atoms with Gasteiger partial charge in [0.2, 0.25) is 5.91 Å². The second-order valence-electron chi connectivity index (χ2n) is 8.13. The molecule has 1 aliphatic rings. The molecule has 1 aliphatic carbocycles. The zero-order valence-corrected chi connectivity index (χ0v) is 17.7. The molecule has 0 spiro atoms. The van der Waals surface area contributed by atoms with Crippen molar-refractivity contribution in [1.82, 2.24) is 14.9 Å². The van der Waals surface area contributed by atoms with Crippen molar-refractivity contribution in [3.05, 3.63) is 59.7 Å². The van der Waals surface area contributed by atoms with Crippen molar-refractivity contribution in [2.45, 2.75) is 38.5 Å². The molecule has 31 heavy (non-hydrogen) atoms. The highest BCUT2D eigenvalue weighted by Gasteiger charge is 2.21. The Labute approximate surface area is 180 Å². The van der Waals surface area contributed by atoms with Gasteiger partial charge < -0.3 is 15.2 Å². The van der Waals surface area contributed by atoms with E-state index in [4.69, 9.17) is 0 Å². The second kappa shape index (κ2) is 9.29. The predicted molar refractivity (Wildman–Crippen MR) is 118 cm³/mol. The highest BCUT2D eigenvalue weighted by Crippen LogP contribution is 2.26. The Balaban J connectivity index is 1.39. The molecule has 2 N–H and O–H groups in total. The summed E-state index contributed by atoms with van der Waals surface area (Å²) in [4.78, 5) is 29.4. The number of halogens is 1. The maximum Gasteiger partial charge on any atom is 0.251 e. The molecule has 2 amide bonds. The Kier molecular flexibility index (Phi) is 6.30. The van der Waals surface area contributed by atoms with Crippen LogP contribution in [0.1, 0.15) is 48.3 Å². The first-order chi connectivity index (χ1) is 15.0. The number of amides is 2. The average molecular weight is 423 g/mol. The molecule has 2 aromatic carbocycles. The molecule has 7 heteroatoms. The minimum atomic E-state index is -0.436. The highest BCUT2D eigenvalue weighted by atomic mass is 19.1. The highest BCUT2D eigenvalue weighted by molar-refractivity contribution is 5.95. The number of nitrogens with one attached hydrogen (secondary N) is 2. The largest absolute Gasteiger partial charge is 0.352 e. The zero-order chi connectivity index (χ0) is 21.8. The lowest BCUT2D eigenvalue weighted by molar-refractivity contribution is -0.120. The van der Waals surface area contributed by atoms with Crippen LogP contribution in [0, 0.1) is 11.7 Å². The topological polar surface area (TPSA) is 76.0 Å². The van der Waals surface area contributed by atoms with Crippen LogP contribution in [-0.2, 0) is 18.3 Å². The van der Waals surface area contributed by atoms with Gasteiger partial charge in [0.25, 0.3) is 5.91 Å². The lowest BCUT2D eigenvalue weighted by Crippen LogP contribution is -2.26. The molecular weight excluding hydrogens is 395 g/mol. The number of aromatic nitrogens is 2. The molecule has 0 bridgehead atoms. The molecule has 3 aromatic rings. The van der Waals surface area contributed by atoms with Crippen LogP contribution in [-0.4, -0.2) is 27.9 Å². The number of hydrogen-bond acceptors (Lipinski definition) is 3. The maximum absolute atomic E-state index is 13.3. The predicted octanol–water partition coefficient (Wildman–Crippen LogP) is 4.20. The zero-order valence-electron chi connectivity index (χ0n) is 17.7. The van der Waals surface area contributed by atoms with Crippen molar-refractivity contribution in [2.75, 3.05) is 11.9 Å². The first-order valence-electron chi connectivity index (χ1n) is 10.8. The number of hydrogen-bond donors (Lipinski definition) is 2. The summed E-state index contributed by atoms with van der Waals surface area (Å²) in [6, 6.07) is 11.4. The molecule has 1 fully saturated rings. The molecule has 0 saturated heterocycles. The monoisotopic (exact) mass is 422 g/mol. The van der Waals surface area contributed by atoms with Gasteiger partial charge in [0.1, 0.15) is 11.6 Å². The van der Waals surface area contributed by atoms with E-state index in [0.717, 1.165) is 48.2 Å². The van der Waals surface area contributed by atoms with Gasteiger partial charge in [0.15, 0.2) is 0 Å². The van der Waals surface area contributed by atoms with Crippen LogP contribution in [0.15, 0.2) is 42.5 Å². The summed E-state index contributed by atoms with van der Waals surface area (Å²) >= 11 is 0. The third-order valence-electron chi connectivity index (χ3n) is 5.94. The molecule has 0 radical (unpaired) electrons. The lowest BCUT2D eigenvalue weighted by atomic mass is 9.88. The van der Waals surface area contributed by atoms with Crippen molar-refractivity contribution >= 4 is 28.5 Å². The van der Waals surface area contributed by atoms with Crippen molar-refractivity contribution in [2.24, 2.45) is 13.0 Å². The van der Waals surface area contributed by atoms with Crippen molar-refractivity contribution in [3.63, 3.8) is 0 Å². The summed E-state index contributed by atoms with van der Waals surface area (Å²) in [5.41, 5.74) is 2.81. The van der Waals surface area contributed by atoms with Gasteiger partial charge in [0, 0.05) is 37.2 Å². The first-order valence-corrected chi connectivity index (χ1v) is 10.8. The third kappa shape index (κ3) is 4.93. The molecule has 0 atom stereocenters. The normalized spacial score (nSPS) is 14.5. The van der Waals surface area contributed by atoms with E-state index in [1.165, 1.54) is 24.6 Å². The average Bonchev–Trinajstić information content (AvgIpc) is 3.09. The lowest BCUT2D eigenvalue weighted by Gasteiger charge is -2.20. The number of carbonyl (C=O) groups is 2. The summed E-state index contributed by atoms with van der Waals surface area (Å²) in [7, 11) is 1.93. The molecule has 1 heterocycles. The minimum Gasteiger partial charge on any atom is -0.352 e. The smallest absolute Gasteiger partial charge is 0.251 e. The van der Waals surface area contributed by atoms with E-state index in [9.17, 15) is 14.0 Å². The standard InChI is InChI=1S/C24H27FN4O2/c1-29-21-11-10-19(27-24(31)16-6-3-2-4-7-16)15-20(21)28-22(29)12-13-26-23(30)17-8-5-9-18(25)14-17/h5,8-11,14-16H,2-4,6-7,12-13H2,1H3,(H,26,30)(H,27,31). The maximum atomic E-state index is 13.3. The van der Waals surface area contributed by atoms with E-state index in [-0.39, 0.29) is 17.7 Å². The Morgan fingerprint density at radius 1 is 1.13 bits per heavy atom. The van der Waals surface area contributed by atoms with E-state index in [2.05, 4.69) is 15.6 Å². The number of rotatable bonds is 6. The van der Waals surface area contributed by atoms with Crippen LogP contribution in [0.3, 0.4) is 0 Å². The van der Waals surface area contributed by atoms with Gasteiger partial charge >= 0.3 is 0 Å². The van der Waals surface area contributed by atoms with Crippen molar-refractivity contribution < 1.29 is 14.0 Å². The number of carbonyl (C=O) groups excluding carboxylic acids is 2. The summed E-state index contributed by atoms with van der Waals surface area (Å²) < 4.78 is 15.3. The van der Waals surface area contributed by atoms with Gasteiger partial charge in [-0.1, -0.05) is 25.3 Å². The van der Waals surface area contributed by atoms with Gasteiger partial charge in [-0.2, -0.15) is 0 Å². The quantitative estimate of drug-likeness (QED) is 0.625. The van der Waals surface area contributed by atoms with E-state index in [1.807, 2.05) is 29.8 Å². The Morgan fingerprint density at radius 2 is 1.94 bits per heavy atom. The molecule has 4 rings (SSSR count). The number of benzene rings is 2. The number of anilines is 1. The van der Waals surface area contributed by atoms with Crippen LogP contribution in [0.25, 0.3) is 11.0 Å². The fourth-order valence-corrected chi connectivity index (χ4v) is 4.18. The van der Waals surface area contributed by atoms with Crippen molar-refractivity contribution in [3.8, 4) is 0 Å². The molecule has 0 unspecified atom stereocenters. The van der Waals surface area contributed by atoms with E-state index >= 15 is 0 Å². The van der Waals surface area contributed by atoms with Crippen molar-refractivity contribution in [1.29, 1.82) is 0 Å². The van der Waals surface area contributed by atoms with Gasteiger partial charge in [-0.3, -0.25) is 9.59 Å². The van der Waals surface area contributed by atoms with E-state index in [0.29, 0.717) is 18.5 Å². The fourth-order valence-electron chi connectivity index (χ4n) is 4.18. The van der Waals surface area contributed by atoms with Crippen LogP contribution in [0.4, 0.5) is 10.1 Å². The molecule has 1 aromatic heterocycles. The van der Waals surface area contributed by atoms with Crippen LogP contribution in [0.2, 0.25) is 0 Å². The summed E-state index contributed by atoms with van der Waals surface area (Å²) in [5.74, 6) is 0.270. The summed E-state index contributed by atoms with van der Waals surface area (Å²) in [6.07, 6.45) is 5.92. The molecule has 0 aliphatic heterocycles. The third-order valence-corrected chi connectivity index (χ3v) is 5.94. The van der Waals surface area contributed by atoms with E-state index in [1.54, 1.807) is 6.07 Å². The number of aryl methyl sites for hydroxylation is 1. The Bertz CT molecular complexity index is 1100. The fraction of sp³-hybridized carbons (Fsp3) is 0.375. The van der Waals surface area contributed by atoms with Crippen LogP contribution in [0.5, 0.6) is 0 Å². The summed E-state index contributed by atoms with van der Waals surface area (Å²) in [6.45, 7) is 0.387. The first kappa shape index (κ1) is 21.0. The summed E-state index contributed by atoms with van der Waals surface area (Å²) in [5, 5.41) is 5.84. The molecule has 162 valence electrons. The Morgan fingerprint density at radius 3 is 2.71 bits per heavy atom. The van der Waals surface area contributed by atoms with Crippen LogP contribution >= 0.6 is 0 Å². The number of imidazole rings is 1. The van der Waals surface area contributed by atoms with Gasteiger partial charge in [-0.15, -0.1) is 0 Å².